The molecule has 104 valence electrons. The van der Waals surface area contributed by atoms with E-state index in [4.69, 9.17) is 16.2 Å². The van der Waals surface area contributed by atoms with Crippen LogP contribution in [0.2, 0.25) is 0 Å². The third-order valence-corrected chi connectivity index (χ3v) is 2.73. The summed E-state index contributed by atoms with van der Waals surface area (Å²) in [5.41, 5.74) is 11.6. The van der Waals surface area contributed by atoms with E-state index in [2.05, 4.69) is 9.97 Å². The average molecular weight is 275 g/mol. The first kappa shape index (κ1) is 13.5. The fourth-order valence-electron chi connectivity index (χ4n) is 1.89. The van der Waals surface area contributed by atoms with Crippen molar-refractivity contribution in [1.29, 1.82) is 0 Å². The Hall–Kier alpha value is -2.90. The number of nitrogens with zero attached hydrogens (tertiary/aromatic N) is 3. The van der Waals surface area contributed by atoms with E-state index >= 15 is 0 Å². The Morgan fingerprint density at radius 2 is 2.00 bits per heavy atom. The van der Waals surface area contributed by atoms with Gasteiger partial charge in [-0.2, -0.15) is 4.98 Å². The van der Waals surface area contributed by atoms with Crippen LogP contribution in [-0.2, 0) is 6.42 Å². The molecule has 1 heterocycles. The lowest BCUT2D eigenvalue weighted by Gasteiger charge is -2.09. The zero-order valence-corrected chi connectivity index (χ0v) is 10.7. The Morgan fingerprint density at radius 1 is 1.30 bits per heavy atom. The number of aromatic nitrogens is 2. The number of methoxy groups -OCH3 is 1. The topological polar surface area (TPSA) is 130 Å². The molecule has 0 saturated carbocycles. The fraction of sp³-hybridized carbons (Fsp3) is 0.167. The minimum Gasteiger partial charge on any atom is -0.496 e. The van der Waals surface area contributed by atoms with Crippen molar-refractivity contribution in [2.75, 3.05) is 18.6 Å². The van der Waals surface area contributed by atoms with Crippen molar-refractivity contribution < 1.29 is 9.66 Å². The summed E-state index contributed by atoms with van der Waals surface area (Å²) < 4.78 is 5.20. The predicted molar refractivity (Wildman–Crippen MR) is 73.3 cm³/mol. The van der Waals surface area contributed by atoms with Crippen LogP contribution in [-0.4, -0.2) is 22.0 Å². The molecule has 0 saturated heterocycles. The zero-order valence-electron chi connectivity index (χ0n) is 10.7. The van der Waals surface area contributed by atoms with Crippen molar-refractivity contribution in [3.05, 3.63) is 45.6 Å². The summed E-state index contributed by atoms with van der Waals surface area (Å²) in [7, 11) is 1.52. The van der Waals surface area contributed by atoms with Gasteiger partial charge in [0.15, 0.2) is 0 Å². The van der Waals surface area contributed by atoms with Gasteiger partial charge in [0.05, 0.1) is 12.0 Å². The number of benzene rings is 1. The molecule has 0 fully saturated rings. The van der Waals surface area contributed by atoms with Gasteiger partial charge in [0, 0.05) is 12.0 Å². The first-order valence-electron chi connectivity index (χ1n) is 5.71. The molecule has 1 aromatic carbocycles. The van der Waals surface area contributed by atoms with Crippen LogP contribution >= 0.6 is 0 Å². The van der Waals surface area contributed by atoms with Crippen LogP contribution in [0.1, 0.15) is 11.3 Å². The summed E-state index contributed by atoms with van der Waals surface area (Å²) in [5, 5.41) is 11.1. The lowest BCUT2D eigenvalue weighted by molar-refractivity contribution is -0.385. The van der Waals surface area contributed by atoms with E-state index in [0.717, 1.165) is 5.56 Å². The molecule has 8 nitrogen and oxygen atoms in total. The van der Waals surface area contributed by atoms with Crippen LogP contribution in [0.3, 0.4) is 0 Å². The molecule has 0 aliphatic rings. The van der Waals surface area contributed by atoms with E-state index in [9.17, 15) is 10.1 Å². The molecule has 20 heavy (non-hydrogen) atoms. The SMILES string of the molecule is COc1ccccc1Cc1nc(N)nc(N)c1[N+](=O)[O-]. The van der Waals surface area contributed by atoms with Crippen molar-refractivity contribution in [3.8, 4) is 5.75 Å². The molecule has 0 unspecified atom stereocenters. The molecule has 0 bridgehead atoms. The molecule has 4 N–H and O–H groups in total. The second-order valence-electron chi connectivity index (χ2n) is 4.01. The van der Waals surface area contributed by atoms with Gasteiger partial charge in [0.1, 0.15) is 11.4 Å². The van der Waals surface area contributed by atoms with Crippen LogP contribution in [0.5, 0.6) is 5.75 Å². The number of ether oxygens (including phenoxy) is 1. The average Bonchev–Trinajstić information content (AvgIpc) is 2.38. The monoisotopic (exact) mass is 275 g/mol. The van der Waals surface area contributed by atoms with Gasteiger partial charge < -0.3 is 16.2 Å². The molecule has 2 rings (SSSR count). The number of anilines is 2. The van der Waals surface area contributed by atoms with Crippen molar-refractivity contribution in [2.45, 2.75) is 6.42 Å². The molecule has 0 amide bonds. The van der Waals surface area contributed by atoms with Crippen LogP contribution in [0.25, 0.3) is 0 Å². The van der Waals surface area contributed by atoms with Crippen LogP contribution in [0, 0.1) is 10.1 Å². The van der Waals surface area contributed by atoms with Gasteiger partial charge in [-0.25, -0.2) is 4.98 Å². The summed E-state index contributed by atoms with van der Waals surface area (Å²) in [4.78, 5) is 18.0. The molecular weight excluding hydrogens is 262 g/mol. The third-order valence-electron chi connectivity index (χ3n) is 2.73. The first-order chi connectivity index (χ1) is 9.52. The highest BCUT2D eigenvalue weighted by atomic mass is 16.6. The number of rotatable bonds is 4. The lowest BCUT2D eigenvalue weighted by atomic mass is 10.1. The molecule has 0 radical (unpaired) electrons. The van der Waals surface area contributed by atoms with Gasteiger partial charge in [0.25, 0.3) is 0 Å². The normalized spacial score (nSPS) is 10.2. The lowest BCUT2D eigenvalue weighted by Crippen LogP contribution is -2.09. The van der Waals surface area contributed by atoms with E-state index in [1.165, 1.54) is 7.11 Å². The quantitative estimate of drug-likeness (QED) is 0.632. The number of nitrogen functional groups attached to an aromatic ring is 2. The summed E-state index contributed by atoms with van der Waals surface area (Å²) in [5.74, 6) is 0.267. The smallest absolute Gasteiger partial charge is 0.332 e. The van der Waals surface area contributed by atoms with Gasteiger partial charge in [-0.15, -0.1) is 0 Å². The van der Waals surface area contributed by atoms with E-state index < -0.39 is 4.92 Å². The molecule has 8 heteroatoms. The van der Waals surface area contributed by atoms with Gasteiger partial charge >= 0.3 is 5.69 Å². The van der Waals surface area contributed by atoms with Crippen molar-refractivity contribution >= 4 is 17.5 Å². The molecule has 0 aliphatic carbocycles. The molecule has 0 atom stereocenters. The molecule has 2 aromatic rings. The van der Waals surface area contributed by atoms with Crippen LogP contribution in [0.4, 0.5) is 17.5 Å². The zero-order chi connectivity index (χ0) is 14.7. The number of hydrogen-bond donors (Lipinski definition) is 2. The second kappa shape index (κ2) is 5.39. The van der Waals surface area contributed by atoms with Crippen LogP contribution in [0.15, 0.2) is 24.3 Å². The predicted octanol–water partition coefficient (Wildman–Crippen LogP) is 1.15. The number of nitro groups is 1. The Bertz CT molecular complexity index is 660. The summed E-state index contributed by atoms with van der Waals surface area (Å²) >= 11 is 0. The fourth-order valence-corrected chi connectivity index (χ4v) is 1.89. The Morgan fingerprint density at radius 3 is 2.65 bits per heavy atom. The molecule has 0 aliphatic heterocycles. The van der Waals surface area contributed by atoms with Gasteiger partial charge in [-0.1, -0.05) is 18.2 Å². The maximum Gasteiger partial charge on any atom is 0.332 e. The van der Waals surface area contributed by atoms with E-state index in [0.29, 0.717) is 5.75 Å². The van der Waals surface area contributed by atoms with Crippen molar-refractivity contribution in [2.24, 2.45) is 0 Å². The van der Waals surface area contributed by atoms with Gasteiger partial charge in [-0.05, 0) is 6.07 Å². The van der Waals surface area contributed by atoms with Crippen LogP contribution < -0.4 is 16.2 Å². The highest BCUT2D eigenvalue weighted by molar-refractivity contribution is 5.58. The van der Waals surface area contributed by atoms with Gasteiger partial charge in [-0.3, -0.25) is 10.1 Å². The van der Waals surface area contributed by atoms with E-state index in [1.54, 1.807) is 24.3 Å². The number of nitrogens with two attached hydrogens (primary N) is 2. The van der Waals surface area contributed by atoms with Gasteiger partial charge in [0.2, 0.25) is 11.8 Å². The Balaban J connectivity index is 2.50. The Kier molecular flexibility index (Phi) is 3.65. The number of para-hydroxylation sites is 1. The Labute approximate surface area is 114 Å². The molecule has 1 aromatic heterocycles. The molecule has 0 spiro atoms. The first-order valence-corrected chi connectivity index (χ1v) is 5.71. The maximum absolute atomic E-state index is 11.1. The standard InChI is InChI=1S/C12H13N5O3/c1-20-9-5-3-2-4-7(9)6-8-10(17(18)19)11(13)16-12(14)15-8/h2-5H,6H2,1H3,(H4,13,14,15,16). The van der Waals surface area contributed by atoms with E-state index in [-0.39, 0.29) is 29.6 Å². The summed E-state index contributed by atoms with van der Waals surface area (Å²) in [6.07, 6.45) is 0.178. The van der Waals surface area contributed by atoms with E-state index in [1.807, 2.05) is 0 Å². The second-order valence-corrected chi connectivity index (χ2v) is 4.01. The minimum atomic E-state index is -0.612. The van der Waals surface area contributed by atoms with Crippen molar-refractivity contribution in [3.63, 3.8) is 0 Å². The summed E-state index contributed by atoms with van der Waals surface area (Å²) in [6, 6.07) is 7.16. The maximum atomic E-state index is 11.1. The number of hydrogen-bond acceptors (Lipinski definition) is 7. The van der Waals surface area contributed by atoms with Crippen molar-refractivity contribution in [1.82, 2.24) is 9.97 Å². The largest absolute Gasteiger partial charge is 0.496 e. The minimum absolute atomic E-state index is 0.0991. The summed E-state index contributed by atoms with van der Waals surface area (Å²) in [6.45, 7) is 0. The highest BCUT2D eigenvalue weighted by Crippen LogP contribution is 2.28. The molecular formula is C12H13N5O3. The third kappa shape index (κ3) is 2.58. The highest BCUT2D eigenvalue weighted by Gasteiger charge is 2.23.